The van der Waals surface area contributed by atoms with Crippen molar-refractivity contribution in [3.8, 4) is 0 Å². The average Bonchev–Trinajstić information content (AvgIpc) is 3.52. The molecule has 0 aliphatic heterocycles. The first-order valence-corrected chi connectivity index (χ1v) is 11.1. The molecule has 0 spiro atoms. The SMILES string of the molecule is CCC(C)NS(=O)(=O)c1ccc(C(=O)Nc2ccc(C(=O)NC3CC3)cc2)cc1. The van der Waals surface area contributed by atoms with Crippen molar-refractivity contribution in [1.82, 2.24) is 10.0 Å². The predicted molar refractivity (Wildman–Crippen MR) is 111 cm³/mol. The Hall–Kier alpha value is -2.71. The number of carbonyl (C=O) groups excluding carboxylic acids is 2. The molecule has 2 amide bonds. The predicted octanol–water partition coefficient (Wildman–Crippen LogP) is 2.91. The van der Waals surface area contributed by atoms with Gasteiger partial charge in [-0.1, -0.05) is 6.92 Å². The van der Waals surface area contributed by atoms with Crippen molar-refractivity contribution < 1.29 is 18.0 Å². The zero-order valence-corrected chi connectivity index (χ0v) is 17.3. The quantitative estimate of drug-likeness (QED) is 0.617. The lowest BCUT2D eigenvalue weighted by Crippen LogP contribution is -2.32. The lowest BCUT2D eigenvalue weighted by molar-refractivity contribution is 0.0950. The molecule has 0 heterocycles. The standard InChI is InChI=1S/C21H25N3O4S/c1-3-14(2)24-29(27,28)19-12-6-16(7-13-19)21(26)22-17-8-4-15(5-9-17)20(25)23-18-10-11-18/h4-9,12-14,18,24H,3,10-11H2,1-2H3,(H,22,26)(H,23,25). The molecular formula is C21H25N3O4S. The van der Waals surface area contributed by atoms with Gasteiger partial charge < -0.3 is 10.6 Å². The van der Waals surface area contributed by atoms with E-state index in [0.717, 1.165) is 12.8 Å². The molecule has 29 heavy (non-hydrogen) atoms. The molecule has 1 atom stereocenters. The number of amides is 2. The second-order valence-corrected chi connectivity index (χ2v) is 8.95. The summed E-state index contributed by atoms with van der Waals surface area (Å²) in [6, 6.07) is 12.5. The summed E-state index contributed by atoms with van der Waals surface area (Å²) in [5.74, 6) is -0.479. The van der Waals surface area contributed by atoms with Crippen molar-refractivity contribution in [2.24, 2.45) is 0 Å². The Bertz CT molecular complexity index is 982. The molecular weight excluding hydrogens is 390 g/mol. The number of rotatable bonds is 8. The minimum absolute atomic E-state index is 0.111. The first-order chi connectivity index (χ1) is 13.8. The van der Waals surface area contributed by atoms with Gasteiger partial charge in [-0.2, -0.15) is 0 Å². The zero-order valence-electron chi connectivity index (χ0n) is 16.4. The summed E-state index contributed by atoms with van der Waals surface area (Å²) in [6.45, 7) is 3.69. The van der Waals surface area contributed by atoms with Crippen molar-refractivity contribution in [3.63, 3.8) is 0 Å². The van der Waals surface area contributed by atoms with E-state index in [0.29, 0.717) is 23.2 Å². The van der Waals surface area contributed by atoms with Gasteiger partial charge in [0.05, 0.1) is 4.90 Å². The fourth-order valence-electron chi connectivity index (χ4n) is 2.61. The first kappa shape index (κ1) is 21.0. The van der Waals surface area contributed by atoms with Crippen molar-refractivity contribution in [1.29, 1.82) is 0 Å². The van der Waals surface area contributed by atoms with Crippen LogP contribution < -0.4 is 15.4 Å². The highest BCUT2D eigenvalue weighted by molar-refractivity contribution is 7.89. The Labute approximate surface area is 171 Å². The normalized spacial score (nSPS) is 14.8. The van der Waals surface area contributed by atoms with Gasteiger partial charge in [-0.15, -0.1) is 0 Å². The van der Waals surface area contributed by atoms with Gasteiger partial charge in [-0.3, -0.25) is 9.59 Å². The van der Waals surface area contributed by atoms with Crippen LogP contribution >= 0.6 is 0 Å². The summed E-state index contributed by atoms with van der Waals surface area (Å²) >= 11 is 0. The molecule has 0 radical (unpaired) electrons. The molecule has 3 rings (SSSR count). The van der Waals surface area contributed by atoms with Crippen LogP contribution in [0.3, 0.4) is 0 Å². The van der Waals surface area contributed by atoms with Gasteiger partial charge in [0.25, 0.3) is 11.8 Å². The number of nitrogens with one attached hydrogen (secondary N) is 3. The molecule has 1 saturated carbocycles. The molecule has 7 nitrogen and oxygen atoms in total. The van der Waals surface area contributed by atoms with Gasteiger partial charge in [-0.05, 0) is 74.7 Å². The fourth-order valence-corrected chi connectivity index (χ4v) is 3.93. The lowest BCUT2D eigenvalue weighted by Gasteiger charge is -2.12. The number of benzene rings is 2. The minimum Gasteiger partial charge on any atom is -0.349 e. The van der Waals surface area contributed by atoms with E-state index in [-0.39, 0.29) is 28.8 Å². The van der Waals surface area contributed by atoms with E-state index in [9.17, 15) is 18.0 Å². The summed E-state index contributed by atoms with van der Waals surface area (Å²) in [5, 5.41) is 5.65. The Balaban J connectivity index is 1.62. The highest BCUT2D eigenvalue weighted by Gasteiger charge is 2.23. The Morgan fingerprint density at radius 1 is 0.966 bits per heavy atom. The van der Waals surface area contributed by atoms with Crippen LogP contribution in [0.4, 0.5) is 5.69 Å². The van der Waals surface area contributed by atoms with Gasteiger partial charge in [0.2, 0.25) is 10.0 Å². The largest absolute Gasteiger partial charge is 0.349 e. The molecule has 1 fully saturated rings. The molecule has 1 unspecified atom stereocenters. The first-order valence-electron chi connectivity index (χ1n) is 9.63. The van der Waals surface area contributed by atoms with Gasteiger partial charge in [0.15, 0.2) is 0 Å². The summed E-state index contributed by atoms with van der Waals surface area (Å²) in [4.78, 5) is 24.5. The third-order valence-electron chi connectivity index (χ3n) is 4.71. The highest BCUT2D eigenvalue weighted by atomic mass is 32.2. The van der Waals surface area contributed by atoms with Crippen LogP contribution in [0.25, 0.3) is 0 Å². The van der Waals surface area contributed by atoms with Gasteiger partial charge in [-0.25, -0.2) is 13.1 Å². The summed E-state index contributed by atoms with van der Waals surface area (Å²) in [7, 11) is -3.61. The molecule has 8 heteroatoms. The van der Waals surface area contributed by atoms with Crippen molar-refractivity contribution in [2.75, 3.05) is 5.32 Å². The van der Waals surface area contributed by atoms with E-state index in [1.807, 2.05) is 6.92 Å². The number of hydrogen-bond acceptors (Lipinski definition) is 4. The Kier molecular flexibility index (Phi) is 6.34. The molecule has 1 aliphatic rings. The Morgan fingerprint density at radius 2 is 1.52 bits per heavy atom. The van der Waals surface area contributed by atoms with Crippen LogP contribution in [0, 0.1) is 0 Å². The van der Waals surface area contributed by atoms with Crippen LogP contribution in [0.5, 0.6) is 0 Å². The zero-order chi connectivity index (χ0) is 21.0. The third-order valence-corrected chi connectivity index (χ3v) is 6.32. The molecule has 0 aromatic heterocycles. The minimum atomic E-state index is -3.61. The maximum atomic E-state index is 12.4. The van der Waals surface area contributed by atoms with E-state index >= 15 is 0 Å². The fraction of sp³-hybridized carbons (Fsp3) is 0.333. The smallest absolute Gasteiger partial charge is 0.255 e. The number of sulfonamides is 1. The molecule has 0 bridgehead atoms. The van der Waals surface area contributed by atoms with Gasteiger partial charge >= 0.3 is 0 Å². The highest BCUT2D eigenvalue weighted by Crippen LogP contribution is 2.20. The van der Waals surface area contributed by atoms with E-state index in [2.05, 4.69) is 15.4 Å². The van der Waals surface area contributed by atoms with E-state index < -0.39 is 10.0 Å². The van der Waals surface area contributed by atoms with E-state index in [1.54, 1.807) is 31.2 Å². The van der Waals surface area contributed by atoms with Crippen LogP contribution in [0.2, 0.25) is 0 Å². The van der Waals surface area contributed by atoms with Crippen molar-refractivity contribution >= 4 is 27.5 Å². The van der Waals surface area contributed by atoms with Crippen LogP contribution in [0.1, 0.15) is 53.8 Å². The molecule has 3 N–H and O–H groups in total. The van der Waals surface area contributed by atoms with E-state index in [4.69, 9.17) is 0 Å². The van der Waals surface area contributed by atoms with Gasteiger partial charge in [0, 0.05) is 28.9 Å². The van der Waals surface area contributed by atoms with Crippen molar-refractivity contribution in [2.45, 2.75) is 50.1 Å². The molecule has 2 aromatic rings. The maximum Gasteiger partial charge on any atom is 0.255 e. The lowest BCUT2D eigenvalue weighted by atomic mass is 10.1. The average molecular weight is 416 g/mol. The number of hydrogen-bond donors (Lipinski definition) is 3. The van der Waals surface area contributed by atoms with Crippen molar-refractivity contribution in [3.05, 3.63) is 59.7 Å². The second kappa shape index (κ2) is 8.75. The number of anilines is 1. The van der Waals surface area contributed by atoms with Gasteiger partial charge in [0.1, 0.15) is 0 Å². The summed E-state index contributed by atoms with van der Waals surface area (Å²) in [5.41, 5.74) is 1.43. The molecule has 0 saturated heterocycles. The third kappa shape index (κ3) is 5.65. The summed E-state index contributed by atoms with van der Waals surface area (Å²) in [6.07, 6.45) is 2.72. The molecule has 2 aromatic carbocycles. The molecule has 154 valence electrons. The topological polar surface area (TPSA) is 104 Å². The number of carbonyl (C=O) groups is 2. The summed E-state index contributed by atoms with van der Waals surface area (Å²) < 4.78 is 27.2. The maximum absolute atomic E-state index is 12.4. The molecule has 1 aliphatic carbocycles. The van der Waals surface area contributed by atoms with Crippen LogP contribution in [-0.4, -0.2) is 32.3 Å². The monoisotopic (exact) mass is 415 g/mol. The second-order valence-electron chi connectivity index (χ2n) is 7.23. The van der Waals surface area contributed by atoms with E-state index in [1.165, 1.54) is 24.3 Å². The Morgan fingerprint density at radius 3 is 2.07 bits per heavy atom. The van der Waals surface area contributed by atoms with Crippen LogP contribution in [-0.2, 0) is 10.0 Å². The van der Waals surface area contributed by atoms with Crippen LogP contribution in [0.15, 0.2) is 53.4 Å².